The molecule has 0 spiro atoms. The Morgan fingerprint density at radius 3 is 2.58 bits per heavy atom. The number of halogens is 3. The molecule has 0 aliphatic heterocycles. The van der Waals surface area contributed by atoms with Gasteiger partial charge >= 0.3 is 24.2 Å². The van der Waals surface area contributed by atoms with Gasteiger partial charge in [-0.05, 0) is 26.3 Å². The molecule has 0 saturated carbocycles. The second-order valence-electron chi connectivity index (χ2n) is 5.49. The van der Waals surface area contributed by atoms with E-state index in [1.165, 1.54) is 6.07 Å². The number of carboxylic acid groups (broad SMARTS) is 1. The number of amides is 2. The Hall–Kier alpha value is -2.59. The highest BCUT2D eigenvalue weighted by molar-refractivity contribution is 5.88. The van der Waals surface area contributed by atoms with Crippen LogP contribution < -0.4 is 15.4 Å². The Labute approximate surface area is 135 Å². The average Bonchev–Trinajstić information content (AvgIpc) is 2.42. The third kappa shape index (κ3) is 8.15. The topological polar surface area (TPSA) is 113 Å². The highest BCUT2D eigenvalue weighted by Gasteiger charge is 2.29. The van der Waals surface area contributed by atoms with E-state index in [1.807, 2.05) is 0 Å². The minimum absolute atomic E-state index is 0.0614. The summed E-state index contributed by atoms with van der Waals surface area (Å²) in [7, 11) is 0. The molecule has 1 rings (SSSR count). The number of nitrogens with zero attached hydrogens (tertiary/aromatic N) is 2. The number of nitrogens with one attached hydrogen (secondary N) is 2. The van der Waals surface area contributed by atoms with Crippen molar-refractivity contribution in [3.8, 4) is 6.01 Å². The first-order valence-corrected chi connectivity index (χ1v) is 6.80. The van der Waals surface area contributed by atoms with Crippen LogP contribution >= 0.6 is 0 Å². The van der Waals surface area contributed by atoms with E-state index in [-0.39, 0.29) is 18.7 Å². The van der Waals surface area contributed by atoms with Crippen LogP contribution in [0.3, 0.4) is 0 Å². The molecule has 1 aromatic heterocycles. The van der Waals surface area contributed by atoms with Gasteiger partial charge in [0.1, 0.15) is 5.82 Å². The molecule has 11 heteroatoms. The molecule has 0 aromatic carbocycles. The number of aromatic nitrogens is 2. The van der Waals surface area contributed by atoms with Gasteiger partial charge < -0.3 is 15.2 Å². The summed E-state index contributed by atoms with van der Waals surface area (Å²) in [6.45, 7) is 1.71. The van der Waals surface area contributed by atoms with Crippen LogP contribution in [0.1, 0.15) is 26.7 Å². The zero-order valence-corrected chi connectivity index (χ0v) is 13.0. The van der Waals surface area contributed by atoms with Crippen molar-refractivity contribution >= 4 is 17.8 Å². The van der Waals surface area contributed by atoms with E-state index in [9.17, 15) is 22.8 Å². The van der Waals surface area contributed by atoms with Crippen LogP contribution in [0, 0.1) is 0 Å². The van der Waals surface area contributed by atoms with E-state index in [4.69, 9.17) is 5.11 Å². The molecule has 2 amide bonds. The normalized spacial score (nSPS) is 11.7. The average molecular weight is 350 g/mol. The number of urea groups is 1. The van der Waals surface area contributed by atoms with Gasteiger partial charge in [0.25, 0.3) is 0 Å². The molecule has 24 heavy (non-hydrogen) atoms. The van der Waals surface area contributed by atoms with E-state index in [2.05, 4.69) is 25.3 Å². The maximum absolute atomic E-state index is 12.1. The second kappa shape index (κ2) is 7.79. The molecular formula is C13H17F3N4O4. The van der Waals surface area contributed by atoms with Crippen molar-refractivity contribution in [1.82, 2.24) is 15.3 Å². The number of ether oxygens (including phenoxy) is 1. The van der Waals surface area contributed by atoms with Gasteiger partial charge in [-0.1, -0.05) is 0 Å². The predicted molar refractivity (Wildman–Crippen MR) is 76.7 cm³/mol. The van der Waals surface area contributed by atoms with Crippen LogP contribution in [0.25, 0.3) is 0 Å². The van der Waals surface area contributed by atoms with Crippen LogP contribution in [-0.4, -0.2) is 45.4 Å². The van der Waals surface area contributed by atoms with Crippen LogP contribution in [-0.2, 0) is 4.79 Å². The molecule has 0 atom stereocenters. The van der Waals surface area contributed by atoms with Gasteiger partial charge in [0.2, 0.25) is 0 Å². The SMILES string of the molecule is CC(C)(CCC(=O)O)NC(=O)Nc1ccnc(OCC(F)(F)F)n1. The van der Waals surface area contributed by atoms with Gasteiger partial charge in [-0.3, -0.25) is 10.1 Å². The summed E-state index contributed by atoms with van der Waals surface area (Å²) in [5.74, 6) is -1.05. The predicted octanol–water partition coefficient (Wildman–Crippen LogP) is 2.18. The summed E-state index contributed by atoms with van der Waals surface area (Å²) in [6, 6.07) is 0.0469. The molecule has 1 heterocycles. The van der Waals surface area contributed by atoms with Crippen LogP contribution in [0.4, 0.5) is 23.8 Å². The number of rotatable bonds is 7. The van der Waals surface area contributed by atoms with Crippen molar-refractivity contribution in [2.75, 3.05) is 11.9 Å². The van der Waals surface area contributed by atoms with Gasteiger partial charge in [-0.15, -0.1) is 0 Å². The number of hydrogen-bond acceptors (Lipinski definition) is 5. The third-order valence-corrected chi connectivity index (χ3v) is 2.66. The molecule has 0 radical (unpaired) electrons. The van der Waals surface area contributed by atoms with Crippen LogP contribution in [0.15, 0.2) is 12.3 Å². The van der Waals surface area contributed by atoms with Gasteiger partial charge in [-0.25, -0.2) is 9.78 Å². The lowest BCUT2D eigenvalue weighted by Gasteiger charge is -2.25. The summed E-state index contributed by atoms with van der Waals surface area (Å²) in [5, 5.41) is 13.5. The Bertz CT molecular complexity index is 593. The Kier molecular flexibility index (Phi) is 6.32. The standard InChI is InChI=1S/C13H17F3N4O4/c1-12(2,5-3-9(21)22)20-10(23)18-8-4-6-17-11(19-8)24-7-13(14,15)16/h4,6H,3,5,7H2,1-2H3,(H,21,22)(H2,17,18,19,20,23). The number of carbonyl (C=O) groups excluding carboxylic acids is 1. The first kappa shape index (κ1) is 19.5. The lowest BCUT2D eigenvalue weighted by molar-refractivity contribution is -0.154. The number of alkyl halides is 3. The molecule has 0 saturated heterocycles. The van der Waals surface area contributed by atoms with Crippen molar-refractivity contribution in [3.05, 3.63) is 12.3 Å². The summed E-state index contributed by atoms with van der Waals surface area (Å²) >= 11 is 0. The first-order chi connectivity index (χ1) is 11.0. The second-order valence-corrected chi connectivity index (χ2v) is 5.49. The van der Waals surface area contributed by atoms with Crippen LogP contribution in [0.2, 0.25) is 0 Å². The lowest BCUT2D eigenvalue weighted by atomic mass is 9.99. The van der Waals surface area contributed by atoms with Gasteiger partial charge in [0, 0.05) is 18.2 Å². The van der Waals surface area contributed by atoms with Crippen LogP contribution in [0.5, 0.6) is 6.01 Å². The maximum Gasteiger partial charge on any atom is 0.422 e. The quantitative estimate of drug-likeness (QED) is 0.695. The van der Waals surface area contributed by atoms with Crippen molar-refractivity contribution in [1.29, 1.82) is 0 Å². The molecule has 8 nitrogen and oxygen atoms in total. The largest absolute Gasteiger partial charge is 0.481 e. The summed E-state index contributed by atoms with van der Waals surface area (Å²) in [5.41, 5.74) is -0.800. The Morgan fingerprint density at radius 1 is 1.33 bits per heavy atom. The molecule has 0 aliphatic rings. The molecule has 3 N–H and O–H groups in total. The number of carbonyl (C=O) groups is 2. The molecular weight excluding hydrogens is 333 g/mol. The van der Waals surface area contributed by atoms with Gasteiger partial charge in [-0.2, -0.15) is 18.2 Å². The Balaban J connectivity index is 2.59. The van der Waals surface area contributed by atoms with Gasteiger partial charge in [0.15, 0.2) is 6.61 Å². The number of aliphatic carboxylic acids is 1. The zero-order chi connectivity index (χ0) is 18.4. The molecule has 134 valence electrons. The summed E-state index contributed by atoms with van der Waals surface area (Å²) in [6.07, 6.45) is -3.34. The maximum atomic E-state index is 12.1. The fourth-order valence-electron chi connectivity index (χ4n) is 1.56. The van der Waals surface area contributed by atoms with Gasteiger partial charge in [0.05, 0.1) is 0 Å². The molecule has 0 aliphatic carbocycles. The number of carboxylic acids is 1. The number of anilines is 1. The fourth-order valence-corrected chi connectivity index (χ4v) is 1.56. The monoisotopic (exact) mass is 350 g/mol. The fraction of sp³-hybridized carbons (Fsp3) is 0.538. The van der Waals surface area contributed by atoms with E-state index in [0.29, 0.717) is 0 Å². The van der Waals surface area contributed by atoms with Crippen molar-refractivity contribution in [2.45, 2.75) is 38.4 Å². The van der Waals surface area contributed by atoms with E-state index < -0.39 is 36.3 Å². The highest BCUT2D eigenvalue weighted by Crippen LogP contribution is 2.17. The summed E-state index contributed by atoms with van der Waals surface area (Å²) in [4.78, 5) is 29.5. The van der Waals surface area contributed by atoms with E-state index in [1.54, 1.807) is 13.8 Å². The zero-order valence-electron chi connectivity index (χ0n) is 13.0. The first-order valence-electron chi connectivity index (χ1n) is 6.80. The van der Waals surface area contributed by atoms with Crippen molar-refractivity contribution in [2.24, 2.45) is 0 Å². The highest BCUT2D eigenvalue weighted by atomic mass is 19.4. The molecule has 0 unspecified atom stereocenters. The molecule has 1 aromatic rings. The molecule has 0 bridgehead atoms. The smallest absolute Gasteiger partial charge is 0.422 e. The van der Waals surface area contributed by atoms with Crippen molar-refractivity contribution < 1.29 is 32.6 Å². The van der Waals surface area contributed by atoms with E-state index >= 15 is 0 Å². The Morgan fingerprint density at radius 2 is 2.00 bits per heavy atom. The van der Waals surface area contributed by atoms with E-state index in [0.717, 1.165) is 6.20 Å². The summed E-state index contributed by atoms with van der Waals surface area (Å²) < 4.78 is 40.6. The van der Waals surface area contributed by atoms with Crippen molar-refractivity contribution in [3.63, 3.8) is 0 Å². The molecule has 0 fully saturated rings. The lowest BCUT2D eigenvalue weighted by Crippen LogP contribution is -2.45. The third-order valence-electron chi connectivity index (χ3n) is 2.66. The minimum atomic E-state index is -4.53. The number of hydrogen-bond donors (Lipinski definition) is 3. The minimum Gasteiger partial charge on any atom is -0.481 e.